The first kappa shape index (κ1) is 11.1. The lowest BCUT2D eigenvalue weighted by Gasteiger charge is -2.02. The first-order valence-corrected chi connectivity index (χ1v) is 4.63. The van der Waals surface area contributed by atoms with Gasteiger partial charge in [-0.25, -0.2) is 4.98 Å². The van der Waals surface area contributed by atoms with Gasteiger partial charge in [-0.05, 0) is 19.1 Å². The van der Waals surface area contributed by atoms with E-state index in [9.17, 15) is 4.79 Å². The zero-order chi connectivity index (χ0) is 11.1. The lowest BCUT2D eigenvalue weighted by Crippen LogP contribution is -2.11. The van der Waals surface area contributed by atoms with Crippen molar-refractivity contribution in [2.75, 3.05) is 11.9 Å². The molecule has 15 heavy (non-hydrogen) atoms. The molecule has 0 aromatic carbocycles. The third-order valence-corrected chi connectivity index (χ3v) is 1.78. The first-order chi connectivity index (χ1) is 7.24. The fourth-order valence-corrected chi connectivity index (χ4v) is 1.02. The zero-order valence-electron chi connectivity index (χ0n) is 8.58. The normalized spacial score (nSPS) is 8.87. The van der Waals surface area contributed by atoms with Gasteiger partial charge in [-0.2, -0.15) is 0 Å². The van der Waals surface area contributed by atoms with Crippen LogP contribution in [0.4, 0.5) is 5.82 Å². The molecule has 3 N–H and O–H groups in total. The van der Waals surface area contributed by atoms with Gasteiger partial charge in [0, 0.05) is 19.2 Å². The Morgan fingerprint density at radius 2 is 2.40 bits per heavy atom. The van der Waals surface area contributed by atoms with Crippen LogP contribution in [0.2, 0.25) is 0 Å². The highest BCUT2D eigenvalue weighted by atomic mass is 16.1. The minimum Gasteiger partial charge on any atom is -0.369 e. The van der Waals surface area contributed by atoms with Crippen LogP contribution in [0, 0.1) is 11.8 Å². The van der Waals surface area contributed by atoms with E-state index in [2.05, 4.69) is 22.1 Å². The predicted molar refractivity (Wildman–Crippen MR) is 59.3 cm³/mol. The van der Waals surface area contributed by atoms with Crippen molar-refractivity contribution in [2.45, 2.75) is 13.3 Å². The Hall–Kier alpha value is -2.02. The maximum Gasteiger partial charge on any atom is 0.250 e. The summed E-state index contributed by atoms with van der Waals surface area (Å²) >= 11 is 0. The summed E-state index contributed by atoms with van der Waals surface area (Å²) in [5, 5.41) is 3.08. The highest BCUT2D eigenvalue weighted by molar-refractivity contribution is 5.92. The van der Waals surface area contributed by atoms with Gasteiger partial charge in [0.1, 0.15) is 5.82 Å². The molecule has 0 aliphatic heterocycles. The summed E-state index contributed by atoms with van der Waals surface area (Å²) in [6.45, 7) is 2.55. The van der Waals surface area contributed by atoms with Gasteiger partial charge in [0.15, 0.2) is 0 Å². The van der Waals surface area contributed by atoms with Crippen LogP contribution in [0.5, 0.6) is 0 Å². The van der Waals surface area contributed by atoms with E-state index >= 15 is 0 Å². The second-order valence-electron chi connectivity index (χ2n) is 2.90. The topological polar surface area (TPSA) is 68.0 Å². The molecule has 4 heteroatoms. The Balaban J connectivity index is 2.48. The quantitative estimate of drug-likeness (QED) is 0.566. The highest BCUT2D eigenvalue weighted by Crippen LogP contribution is 2.03. The lowest BCUT2D eigenvalue weighted by molar-refractivity contribution is 0.1000. The van der Waals surface area contributed by atoms with Crippen molar-refractivity contribution < 1.29 is 4.79 Å². The van der Waals surface area contributed by atoms with Crippen LogP contribution in [0.3, 0.4) is 0 Å². The largest absolute Gasteiger partial charge is 0.369 e. The van der Waals surface area contributed by atoms with Crippen LogP contribution in [-0.2, 0) is 0 Å². The number of hydrogen-bond donors (Lipinski definition) is 2. The van der Waals surface area contributed by atoms with E-state index in [1.807, 2.05) is 0 Å². The van der Waals surface area contributed by atoms with Crippen LogP contribution in [0.1, 0.15) is 23.7 Å². The number of nitrogens with one attached hydrogen (secondary N) is 1. The predicted octanol–water partition coefficient (Wildman–Crippen LogP) is 1.01. The van der Waals surface area contributed by atoms with Crippen LogP contribution in [0.15, 0.2) is 18.3 Å². The van der Waals surface area contributed by atoms with Gasteiger partial charge >= 0.3 is 0 Å². The molecule has 1 amide bonds. The molecule has 0 radical (unpaired) electrons. The number of rotatable bonds is 4. The van der Waals surface area contributed by atoms with Gasteiger partial charge in [0.05, 0.1) is 5.56 Å². The molecular formula is C11H13N3O. The minimum atomic E-state index is -0.467. The van der Waals surface area contributed by atoms with Gasteiger partial charge < -0.3 is 11.1 Å². The average molecular weight is 203 g/mol. The molecule has 0 spiro atoms. The molecule has 1 heterocycles. The summed E-state index contributed by atoms with van der Waals surface area (Å²) in [5.74, 6) is 5.99. The van der Waals surface area contributed by atoms with Crippen LogP contribution in [0.25, 0.3) is 0 Å². The fourth-order valence-electron chi connectivity index (χ4n) is 1.02. The van der Waals surface area contributed by atoms with Crippen molar-refractivity contribution in [3.8, 4) is 11.8 Å². The smallest absolute Gasteiger partial charge is 0.250 e. The van der Waals surface area contributed by atoms with E-state index in [4.69, 9.17) is 5.73 Å². The molecule has 1 aromatic heterocycles. The van der Waals surface area contributed by atoms with Crippen LogP contribution >= 0.6 is 0 Å². The molecule has 0 aliphatic rings. The van der Waals surface area contributed by atoms with Crippen molar-refractivity contribution >= 4 is 11.7 Å². The Kier molecular flexibility index (Phi) is 4.17. The number of carbonyl (C=O) groups is 1. The summed E-state index contributed by atoms with van der Waals surface area (Å²) in [6.07, 6.45) is 2.23. The molecular weight excluding hydrogens is 190 g/mol. The number of aromatic nitrogens is 1. The van der Waals surface area contributed by atoms with Gasteiger partial charge in [-0.3, -0.25) is 4.79 Å². The first-order valence-electron chi connectivity index (χ1n) is 4.63. The number of nitrogens with zero attached hydrogens (tertiary/aromatic N) is 1. The molecule has 0 fully saturated rings. The number of pyridine rings is 1. The number of anilines is 1. The zero-order valence-corrected chi connectivity index (χ0v) is 8.58. The maximum atomic E-state index is 10.8. The van der Waals surface area contributed by atoms with Crippen molar-refractivity contribution in [1.82, 2.24) is 4.98 Å². The summed E-state index contributed by atoms with van der Waals surface area (Å²) in [6, 6.07) is 3.36. The summed E-state index contributed by atoms with van der Waals surface area (Å²) < 4.78 is 0. The van der Waals surface area contributed by atoms with E-state index in [0.29, 0.717) is 5.56 Å². The molecule has 0 unspecified atom stereocenters. The molecule has 0 saturated heterocycles. The van der Waals surface area contributed by atoms with Crippen molar-refractivity contribution in [3.05, 3.63) is 23.9 Å². The fraction of sp³-hybridized carbons (Fsp3) is 0.273. The van der Waals surface area contributed by atoms with Crippen molar-refractivity contribution in [2.24, 2.45) is 5.73 Å². The van der Waals surface area contributed by atoms with Gasteiger partial charge in [0.25, 0.3) is 0 Å². The third-order valence-electron chi connectivity index (χ3n) is 1.78. The summed E-state index contributed by atoms with van der Waals surface area (Å²) in [4.78, 5) is 14.8. The number of nitrogens with two attached hydrogens (primary N) is 1. The van der Waals surface area contributed by atoms with E-state index in [1.54, 1.807) is 19.1 Å². The van der Waals surface area contributed by atoms with Gasteiger partial charge in [-0.1, -0.05) is 0 Å². The standard InChI is InChI=1S/C11H13N3O/c1-2-3-4-7-13-10-6-5-9(8-14-10)11(12)15/h5-6,8H,4,7H2,1H3,(H2,12,15)(H,13,14). The molecule has 0 saturated carbocycles. The van der Waals surface area contributed by atoms with Gasteiger partial charge in [-0.15, -0.1) is 11.8 Å². The second kappa shape index (κ2) is 5.66. The van der Waals surface area contributed by atoms with E-state index in [0.717, 1.165) is 18.8 Å². The van der Waals surface area contributed by atoms with Gasteiger partial charge in [0.2, 0.25) is 5.91 Å². The SMILES string of the molecule is CC#CCCNc1ccc(C(N)=O)cn1. The Bertz CT molecular complexity index is 387. The Labute approximate surface area is 88.9 Å². The maximum absolute atomic E-state index is 10.8. The summed E-state index contributed by atoms with van der Waals surface area (Å²) in [7, 11) is 0. The number of carbonyl (C=O) groups excluding carboxylic acids is 1. The molecule has 1 aromatic rings. The lowest BCUT2D eigenvalue weighted by atomic mass is 10.3. The number of hydrogen-bond acceptors (Lipinski definition) is 3. The number of amides is 1. The molecule has 0 bridgehead atoms. The molecule has 1 rings (SSSR count). The Morgan fingerprint density at radius 1 is 1.60 bits per heavy atom. The molecule has 4 nitrogen and oxygen atoms in total. The van der Waals surface area contributed by atoms with Crippen LogP contribution in [-0.4, -0.2) is 17.4 Å². The van der Waals surface area contributed by atoms with E-state index in [-0.39, 0.29) is 0 Å². The van der Waals surface area contributed by atoms with E-state index in [1.165, 1.54) is 6.20 Å². The summed E-state index contributed by atoms with van der Waals surface area (Å²) in [5.41, 5.74) is 5.50. The van der Waals surface area contributed by atoms with Crippen LogP contribution < -0.4 is 11.1 Å². The highest BCUT2D eigenvalue weighted by Gasteiger charge is 1.99. The van der Waals surface area contributed by atoms with Crippen molar-refractivity contribution in [3.63, 3.8) is 0 Å². The monoisotopic (exact) mass is 203 g/mol. The third kappa shape index (κ3) is 3.69. The average Bonchev–Trinajstić information content (AvgIpc) is 2.25. The molecule has 0 aliphatic carbocycles. The van der Waals surface area contributed by atoms with E-state index < -0.39 is 5.91 Å². The molecule has 78 valence electrons. The minimum absolute atomic E-state index is 0.411. The molecule has 0 atom stereocenters. The second-order valence-corrected chi connectivity index (χ2v) is 2.90. The Morgan fingerprint density at radius 3 is 2.93 bits per heavy atom. The number of primary amides is 1. The van der Waals surface area contributed by atoms with Crippen molar-refractivity contribution in [1.29, 1.82) is 0 Å².